The normalized spacial score (nSPS) is 10.4. The van der Waals surface area contributed by atoms with Crippen LogP contribution >= 0.6 is 0 Å². The van der Waals surface area contributed by atoms with Crippen molar-refractivity contribution in [2.24, 2.45) is 0 Å². The second kappa shape index (κ2) is 4.69. The Labute approximate surface area is 54.2 Å². The van der Waals surface area contributed by atoms with E-state index in [-0.39, 0.29) is 10.5 Å². The van der Waals surface area contributed by atoms with E-state index in [0.717, 1.165) is 6.42 Å². The highest BCUT2D eigenvalue weighted by atomic mass is 32.2. The minimum Gasteiger partial charge on any atom is -0.269 e. The lowest BCUT2D eigenvalue weighted by atomic mass is 10.4. The van der Waals surface area contributed by atoms with E-state index in [1.807, 2.05) is 6.92 Å². The third kappa shape index (κ3) is 11.4. The molecule has 0 amide bonds. The van der Waals surface area contributed by atoms with Gasteiger partial charge in [0, 0.05) is 0 Å². The molecule has 0 rings (SSSR count). The molecule has 0 bridgehead atoms. The van der Waals surface area contributed by atoms with E-state index >= 15 is 0 Å². The summed E-state index contributed by atoms with van der Waals surface area (Å²) < 4.78 is 29.5. The van der Waals surface area contributed by atoms with Gasteiger partial charge in [0.05, 0.1) is 5.75 Å². The molecule has 5 heteroatoms. The zero-order chi connectivity index (χ0) is 6.62. The van der Waals surface area contributed by atoms with Crippen LogP contribution in [0.3, 0.4) is 0 Å². The van der Waals surface area contributed by atoms with Crippen LogP contribution in [0.4, 0.5) is 4.70 Å². The SMILES string of the molecule is CCCCS([O])(=O)=O.F. The predicted molar refractivity (Wildman–Crippen MR) is 31.9 cm³/mol. The molecular weight excluding hydrogens is 147 g/mol. The molecular formula is C4H10FO3S. The number of hydrogen-bond donors (Lipinski definition) is 0. The van der Waals surface area contributed by atoms with Crippen LogP contribution in [-0.4, -0.2) is 14.2 Å². The fourth-order valence-corrected chi connectivity index (χ4v) is 0.963. The second-order valence-corrected chi connectivity index (χ2v) is 3.14. The number of hydrogen-bond acceptors (Lipinski definition) is 2. The monoisotopic (exact) mass is 157 g/mol. The molecule has 0 aliphatic heterocycles. The molecule has 0 aromatic rings. The van der Waals surface area contributed by atoms with Crippen molar-refractivity contribution < 1.29 is 17.7 Å². The highest BCUT2D eigenvalue weighted by Gasteiger charge is 2.02. The molecule has 57 valence electrons. The van der Waals surface area contributed by atoms with Crippen LogP contribution in [0.15, 0.2) is 0 Å². The van der Waals surface area contributed by atoms with Crippen LogP contribution in [0, 0.1) is 0 Å². The highest BCUT2D eigenvalue weighted by molar-refractivity contribution is 7.85. The highest BCUT2D eigenvalue weighted by Crippen LogP contribution is 1.91. The minimum absolute atomic E-state index is 0. The summed E-state index contributed by atoms with van der Waals surface area (Å²) in [5.74, 6) is -0.219. The molecule has 0 fully saturated rings. The van der Waals surface area contributed by atoms with Crippen LogP contribution in [-0.2, 0) is 14.7 Å². The van der Waals surface area contributed by atoms with E-state index in [1.54, 1.807) is 0 Å². The first kappa shape index (κ1) is 11.6. The van der Waals surface area contributed by atoms with E-state index in [9.17, 15) is 13.0 Å². The Kier molecular flexibility index (Phi) is 6.06. The molecule has 0 atom stereocenters. The van der Waals surface area contributed by atoms with Gasteiger partial charge in [0.25, 0.3) is 10.1 Å². The fraction of sp³-hybridized carbons (Fsp3) is 1.00. The molecule has 3 nitrogen and oxygen atoms in total. The molecule has 0 aliphatic carbocycles. The van der Waals surface area contributed by atoms with Gasteiger partial charge in [-0.15, -0.1) is 0 Å². The maximum atomic E-state index is 9.83. The van der Waals surface area contributed by atoms with Crippen molar-refractivity contribution in [2.75, 3.05) is 5.75 Å². The van der Waals surface area contributed by atoms with Crippen LogP contribution in [0.5, 0.6) is 0 Å². The average molecular weight is 157 g/mol. The summed E-state index contributed by atoms with van der Waals surface area (Å²) in [6.07, 6.45) is 1.23. The maximum Gasteiger partial charge on any atom is 0.294 e. The molecule has 0 aromatic carbocycles. The number of unbranched alkanes of at least 4 members (excludes halogenated alkanes) is 1. The molecule has 0 aliphatic rings. The Balaban J connectivity index is 0. The number of rotatable bonds is 3. The van der Waals surface area contributed by atoms with E-state index in [4.69, 9.17) is 0 Å². The van der Waals surface area contributed by atoms with Crippen molar-refractivity contribution in [2.45, 2.75) is 19.8 Å². The van der Waals surface area contributed by atoms with Gasteiger partial charge in [-0.25, -0.2) is 0 Å². The lowest BCUT2D eigenvalue weighted by Crippen LogP contribution is -2.00. The lowest BCUT2D eigenvalue weighted by molar-refractivity contribution is 0.413. The first-order chi connectivity index (χ1) is 3.56. The van der Waals surface area contributed by atoms with E-state index < -0.39 is 10.1 Å². The Hall–Kier alpha value is -0.160. The topological polar surface area (TPSA) is 54.0 Å². The minimum atomic E-state index is -3.94. The lowest BCUT2D eigenvalue weighted by Gasteiger charge is -1.87. The van der Waals surface area contributed by atoms with Crippen molar-refractivity contribution in [3.8, 4) is 0 Å². The molecule has 1 radical (unpaired) electrons. The second-order valence-electron chi connectivity index (χ2n) is 1.62. The van der Waals surface area contributed by atoms with E-state index in [1.165, 1.54) is 0 Å². The standard InChI is InChI=1S/C4H9O3S.FH/c1-2-3-4-8(5,6)7;/h2-4H2,1H3;1H. The van der Waals surface area contributed by atoms with Crippen LogP contribution in [0.2, 0.25) is 0 Å². The maximum absolute atomic E-state index is 9.83. The Morgan fingerprint density at radius 2 is 1.78 bits per heavy atom. The smallest absolute Gasteiger partial charge is 0.269 e. The zero-order valence-corrected chi connectivity index (χ0v) is 5.98. The number of halogens is 1. The molecule has 0 aromatic heterocycles. The largest absolute Gasteiger partial charge is 0.294 e. The molecule has 9 heavy (non-hydrogen) atoms. The molecule has 0 saturated carbocycles. The Morgan fingerprint density at radius 1 is 1.33 bits per heavy atom. The van der Waals surface area contributed by atoms with Crippen molar-refractivity contribution in [1.82, 2.24) is 0 Å². The third-order valence-electron chi connectivity index (χ3n) is 0.748. The Morgan fingerprint density at radius 3 is 1.89 bits per heavy atom. The molecule has 0 unspecified atom stereocenters. The zero-order valence-electron chi connectivity index (χ0n) is 5.16. The summed E-state index contributed by atoms with van der Waals surface area (Å²) in [4.78, 5) is 0. The van der Waals surface area contributed by atoms with Crippen molar-refractivity contribution in [1.29, 1.82) is 0 Å². The van der Waals surface area contributed by atoms with Gasteiger partial charge in [-0.3, -0.25) is 4.70 Å². The van der Waals surface area contributed by atoms with Crippen LogP contribution in [0.25, 0.3) is 0 Å². The Bertz CT molecular complexity index is 140. The molecule has 0 heterocycles. The van der Waals surface area contributed by atoms with Crippen LogP contribution in [0.1, 0.15) is 19.8 Å². The summed E-state index contributed by atoms with van der Waals surface area (Å²) in [5.41, 5.74) is 0. The van der Waals surface area contributed by atoms with Gasteiger partial charge in [0.2, 0.25) is 0 Å². The van der Waals surface area contributed by atoms with Crippen LogP contribution < -0.4 is 0 Å². The van der Waals surface area contributed by atoms with Crippen molar-refractivity contribution >= 4 is 10.1 Å². The van der Waals surface area contributed by atoms with Gasteiger partial charge in [-0.1, -0.05) is 17.9 Å². The summed E-state index contributed by atoms with van der Waals surface area (Å²) in [6, 6.07) is 0. The van der Waals surface area contributed by atoms with Gasteiger partial charge in [-0.05, 0) is 6.42 Å². The molecule has 0 spiro atoms. The van der Waals surface area contributed by atoms with E-state index in [2.05, 4.69) is 0 Å². The summed E-state index contributed by atoms with van der Waals surface area (Å²) in [5, 5.41) is 0. The first-order valence-corrected chi connectivity index (χ1v) is 4.07. The predicted octanol–water partition coefficient (Wildman–Crippen LogP) is 0.699. The van der Waals surface area contributed by atoms with E-state index in [0.29, 0.717) is 6.42 Å². The van der Waals surface area contributed by atoms with Gasteiger partial charge in [0.1, 0.15) is 0 Å². The van der Waals surface area contributed by atoms with Crippen molar-refractivity contribution in [3.63, 3.8) is 0 Å². The average Bonchev–Trinajstić information content (AvgIpc) is 1.59. The van der Waals surface area contributed by atoms with Gasteiger partial charge >= 0.3 is 0 Å². The summed E-state index contributed by atoms with van der Waals surface area (Å²) >= 11 is 0. The molecule has 0 saturated heterocycles. The van der Waals surface area contributed by atoms with Gasteiger partial charge in [-0.2, -0.15) is 8.42 Å². The summed E-state index contributed by atoms with van der Waals surface area (Å²) in [7, 11) is -3.94. The summed E-state index contributed by atoms with van der Waals surface area (Å²) in [6.45, 7) is 1.84. The van der Waals surface area contributed by atoms with Gasteiger partial charge in [0.15, 0.2) is 0 Å². The first-order valence-electron chi connectivity index (χ1n) is 2.50. The van der Waals surface area contributed by atoms with Crippen molar-refractivity contribution in [3.05, 3.63) is 0 Å². The quantitative estimate of drug-likeness (QED) is 0.605. The fourth-order valence-electron chi connectivity index (χ4n) is 0.321. The van der Waals surface area contributed by atoms with Gasteiger partial charge < -0.3 is 0 Å². The third-order valence-corrected chi connectivity index (χ3v) is 1.54. The molecule has 0 N–H and O–H groups in total.